The lowest BCUT2D eigenvalue weighted by Gasteiger charge is -2.02. The first kappa shape index (κ1) is 10.9. The molecule has 17 heavy (non-hydrogen) atoms. The van der Waals surface area contributed by atoms with E-state index < -0.39 is 0 Å². The number of fused-ring (bicyclic) bond motifs is 1. The number of hydrogen-bond acceptors (Lipinski definition) is 0. The molecular weight excluding hydrogens is 298 g/mol. The van der Waals surface area contributed by atoms with Gasteiger partial charge in [0.05, 0.1) is 0 Å². The first-order chi connectivity index (χ1) is 8.24. The van der Waals surface area contributed by atoms with Crippen LogP contribution in [0.1, 0.15) is 0 Å². The molecule has 2 aromatic carbocycles. The molecule has 0 fully saturated rings. The molecule has 0 aliphatic heterocycles. The monoisotopic (exact) mass is 305 g/mol. The molecule has 0 aliphatic rings. The molecule has 0 bridgehead atoms. The van der Waals surface area contributed by atoms with Crippen LogP contribution in [-0.2, 0) is 0 Å². The molecule has 0 saturated heterocycles. The van der Waals surface area contributed by atoms with Gasteiger partial charge in [-0.15, -0.1) is 0 Å². The lowest BCUT2D eigenvalue weighted by molar-refractivity contribution is 1.45. The van der Waals surface area contributed by atoms with Crippen molar-refractivity contribution in [1.82, 2.24) is 4.98 Å². The molecule has 0 saturated carbocycles. The van der Waals surface area contributed by atoms with Crippen LogP contribution in [0.3, 0.4) is 0 Å². The van der Waals surface area contributed by atoms with Gasteiger partial charge >= 0.3 is 0 Å². The summed E-state index contributed by atoms with van der Waals surface area (Å²) in [4.78, 5) is 3.37. The maximum Gasteiger partial charge on any atom is 0.0500 e. The van der Waals surface area contributed by atoms with Gasteiger partial charge in [0.15, 0.2) is 0 Å². The van der Waals surface area contributed by atoms with Crippen LogP contribution in [0, 0.1) is 0 Å². The maximum atomic E-state index is 6.22. The van der Waals surface area contributed by atoms with Crippen LogP contribution >= 0.6 is 27.5 Å². The minimum Gasteiger partial charge on any atom is -0.354 e. The first-order valence-electron chi connectivity index (χ1n) is 5.27. The quantitative estimate of drug-likeness (QED) is 0.632. The fourth-order valence-corrected chi connectivity index (χ4v) is 2.50. The van der Waals surface area contributed by atoms with E-state index in [0.717, 1.165) is 26.3 Å². The zero-order valence-corrected chi connectivity index (χ0v) is 11.2. The summed E-state index contributed by atoms with van der Waals surface area (Å²) in [7, 11) is 0. The molecular formula is C14H9BrClN. The summed E-state index contributed by atoms with van der Waals surface area (Å²) in [6.45, 7) is 0. The standard InChI is InChI=1S/C14H9BrClN/c15-10-5-6-12(16)11(8-10)14-7-9-3-1-2-4-13(9)17-14/h1-8,17H. The highest BCUT2D eigenvalue weighted by Gasteiger charge is 2.07. The van der Waals surface area contributed by atoms with Crippen molar-refractivity contribution < 1.29 is 0 Å². The Kier molecular flexibility index (Phi) is 2.69. The van der Waals surface area contributed by atoms with E-state index in [1.807, 2.05) is 30.3 Å². The molecule has 1 N–H and O–H groups in total. The van der Waals surface area contributed by atoms with Crippen molar-refractivity contribution >= 4 is 38.4 Å². The molecule has 1 aromatic heterocycles. The van der Waals surface area contributed by atoms with Crippen molar-refractivity contribution in [2.24, 2.45) is 0 Å². The van der Waals surface area contributed by atoms with Crippen LogP contribution < -0.4 is 0 Å². The van der Waals surface area contributed by atoms with E-state index in [1.54, 1.807) is 0 Å². The first-order valence-corrected chi connectivity index (χ1v) is 6.44. The second kappa shape index (κ2) is 4.21. The molecule has 0 unspecified atom stereocenters. The topological polar surface area (TPSA) is 15.8 Å². The van der Waals surface area contributed by atoms with Gasteiger partial charge in [-0.05, 0) is 30.3 Å². The van der Waals surface area contributed by atoms with Gasteiger partial charge in [0.25, 0.3) is 0 Å². The van der Waals surface area contributed by atoms with E-state index in [0.29, 0.717) is 0 Å². The van der Waals surface area contributed by atoms with Crippen LogP contribution in [0.15, 0.2) is 53.0 Å². The Morgan fingerprint density at radius 2 is 1.82 bits per heavy atom. The van der Waals surface area contributed by atoms with E-state index >= 15 is 0 Å². The van der Waals surface area contributed by atoms with E-state index in [2.05, 4.69) is 39.1 Å². The summed E-state index contributed by atoms with van der Waals surface area (Å²) in [6, 6.07) is 16.2. The number of aromatic nitrogens is 1. The Morgan fingerprint density at radius 3 is 2.65 bits per heavy atom. The molecule has 84 valence electrons. The Bertz CT molecular complexity index is 655. The van der Waals surface area contributed by atoms with Crippen molar-refractivity contribution in [3.05, 3.63) is 58.0 Å². The van der Waals surface area contributed by atoms with Crippen molar-refractivity contribution in [3.8, 4) is 11.3 Å². The molecule has 3 aromatic rings. The molecule has 0 spiro atoms. The van der Waals surface area contributed by atoms with Crippen LogP contribution in [0.2, 0.25) is 5.02 Å². The molecule has 0 aliphatic carbocycles. The van der Waals surface area contributed by atoms with Gasteiger partial charge in [-0.2, -0.15) is 0 Å². The number of rotatable bonds is 1. The highest BCUT2D eigenvalue weighted by Crippen LogP contribution is 2.32. The van der Waals surface area contributed by atoms with Crippen molar-refractivity contribution in [3.63, 3.8) is 0 Å². The molecule has 3 heteroatoms. The lowest BCUT2D eigenvalue weighted by atomic mass is 10.1. The average molecular weight is 307 g/mol. The maximum absolute atomic E-state index is 6.22. The molecule has 0 radical (unpaired) electrons. The third-order valence-electron chi connectivity index (χ3n) is 2.75. The summed E-state index contributed by atoms with van der Waals surface area (Å²) in [5.41, 5.74) is 3.17. The van der Waals surface area contributed by atoms with Gasteiger partial charge in [-0.25, -0.2) is 0 Å². The number of benzene rings is 2. The summed E-state index contributed by atoms with van der Waals surface area (Å²) < 4.78 is 1.02. The van der Waals surface area contributed by atoms with Gasteiger partial charge in [-0.1, -0.05) is 45.7 Å². The van der Waals surface area contributed by atoms with E-state index in [1.165, 1.54) is 5.39 Å². The van der Waals surface area contributed by atoms with Crippen LogP contribution in [0.25, 0.3) is 22.2 Å². The van der Waals surface area contributed by atoms with Gasteiger partial charge in [0, 0.05) is 31.7 Å². The Balaban J connectivity index is 2.23. The van der Waals surface area contributed by atoms with Gasteiger partial charge in [-0.3, -0.25) is 0 Å². The van der Waals surface area contributed by atoms with Crippen LogP contribution in [-0.4, -0.2) is 4.98 Å². The Labute approximate surface area is 113 Å². The van der Waals surface area contributed by atoms with E-state index in [-0.39, 0.29) is 0 Å². The summed E-state index contributed by atoms with van der Waals surface area (Å²) in [5, 5.41) is 1.94. The van der Waals surface area contributed by atoms with Crippen LogP contribution in [0.4, 0.5) is 0 Å². The molecule has 3 rings (SSSR count). The molecule has 1 heterocycles. The summed E-state index contributed by atoms with van der Waals surface area (Å²) in [6.07, 6.45) is 0. The van der Waals surface area contributed by atoms with Crippen LogP contribution in [0.5, 0.6) is 0 Å². The van der Waals surface area contributed by atoms with E-state index in [4.69, 9.17) is 11.6 Å². The van der Waals surface area contributed by atoms with Gasteiger partial charge < -0.3 is 4.98 Å². The normalized spacial score (nSPS) is 10.9. The zero-order chi connectivity index (χ0) is 11.8. The highest BCUT2D eigenvalue weighted by molar-refractivity contribution is 9.10. The number of halogens is 2. The summed E-state index contributed by atoms with van der Waals surface area (Å²) in [5.74, 6) is 0. The average Bonchev–Trinajstić information content (AvgIpc) is 2.75. The smallest absolute Gasteiger partial charge is 0.0500 e. The SMILES string of the molecule is Clc1ccc(Br)cc1-c1cc2ccccc2[nH]1. The molecule has 0 atom stereocenters. The Hall–Kier alpha value is -1.25. The third kappa shape index (κ3) is 1.99. The van der Waals surface area contributed by atoms with Gasteiger partial charge in [0.1, 0.15) is 0 Å². The predicted molar refractivity (Wildman–Crippen MR) is 76.4 cm³/mol. The summed E-state index contributed by atoms with van der Waals surface area (Å²) >= 11 is 9.68. The van der Waals surface area contributed by atoms with Gasteiger partial charge in [0.2, 0.25) is 0 Å². The lowest BCUT2D eigenvalue weighted by Crippen LogP contribution is -1.79. The minimum atomic E-state index is 0.750. The molecule has 1 nitrogen and oxygen atoms in total. The largest absolute Gasteiger partial charge is 0.354 e. The number of aromatic amines is 1. The number of nitrogens with one attached hydrogen (secondary N) is 1. The number of H-pyrrole nitrogens is 1. The van der Waals surface area contributed by atoms with Crippen molar-refractivity contribution in [2.45, 2.75) is 0 Å². The molecule has 0 amide bonds. The fraction of sp³-hybridized carbons (Fsp3) is 0. The zero-order valence-electron chi connectivity index (χ0n) is 8.87. The third-order valence-corrected chi connectivity index (χ3v) is 3.57. The van der Waals surface area contributed by atoms with Crippen molar-refractivity contribution in [1.29, 1.82) is 0 Å². The second-order valence-corrected chi connectivity index (χ2v) is 5.22. The minimum absolute atomic E-state index is 0.750. The van der Waals surface area contributed by atoms with E-state index in [9.17, 15) is 0 Å². The number of para-hydroxylation sites is 1. The fourth-order valence-electron chi connectivity index (χ4n) is 1.92. The predicted octanol–water partition coefficient (Wildman–Crippen LogP) is 5.25. The second-order valence-electron chi connectivity index (χ2n) is 3.89. The number of hydrogen-bond donors (Lipinski definition) is 1. The Morgan fingerprint density at radius 1 is 1.00 bits per heavy atom. The van der Waals surface area contributed by atoms with Crippen molar-refractivity contribution in [2.75, 3.05) is 0 Å². The highest BCUT2D eigenvalue weighted by atomic mass is 79.9.